The molecule has 0 aliphatic heterocycles. The Bertz CT molecular complexity index is 1100. The van der Waals surface area contributed by atoms with E-state index in [0.29, 0.717) is 24.7 Å². The normalized spacial score (nSPS) is 13.2. The molecule has 0 fully saturated rings. The van der Waals surface area contributed by atoms with E-state index in [2.05, 4.69) is 65.8 Å². The lowest BCUT2D eigenvalue weighted by Crippen LogP contribution is -2.23. The summed E-state index contributed by atoms with van der Waals surface area (Å²) in [4.78, 5) is 11.5. The van der Waals surface area contributed by atoms with E-state index in [1.54, 1.807) is 12.1 Å². The fourth-order valence-electron chi connectivity index (χ4n) is 4.04. The molecule has 0 aliphatic carbocycles. The summed E-state index contributed by atoms with van der Waals surface area (Å²) in [5.41, 5.74) is 2.93. The average Bonchev–Trinajstić information content (AvgIpc) is 2.69. The molecule has 1 heterocycles. The second kappa shape index (κ2) is 9.40. The van der Waals surface area contributed by atoms with Gasteiger partial charge in [0, 0.05) is 11.5 Å². The van der Waals surface area contributed by atoms with Gasteiger partial charge in [0.2, 0.25) is 0 Å². The highest BCUT2D eigenvalue weighted by molar-refractivity contribution is 5.81. The van der Waals surface area contributed by atoms with Crippen LogP contribution in [-0.4, -0.2) is 13.2 Å². The highest BCUT2D eigenvalue weighted by atomic mass is 16.5. The summed E-state index contributed by atoms with van der Waals surface area (Å²) in [6.07, 6.45) is 1.14. The number of aryl methyl sites for hydroxylation is 1. The Kier molecular flexibility index (Phi) is 7.02. The molecule has 0 radical (unpaired) electrons. The molecule has 0 saturated carbocycles. The highest BCUT2D eigenvalue weighted by Gasteiger charge is 2.30. The highest BCUT2D eigenvalue weighted by Crippen LogP contribution is 2.43. The van der Waals surface area contributed by atoms with E-state index in [4.69, 9.17) is 13.9 Å². The largest absolute Gasteiger partial charge is 0.490 e. The van der Waals surface area contributed by atoms with Crippen molar-refractivity contribution in [2.24, 2.45) is 10.8 Å². The first kappa shape index (κ1) is 23.9. The third-order valence-corrected chi connectivity index (χ3v) is 5.69. The molecule has 32 heavy (non-hydrogen) atoms. The zero-order valence-corrected chi connectivity index (χ0v) is 20.5. The molecule has 4 nitrogen and oxygen atoms in total. The molecule has 1 atom stereocenters. The molecule has 1 aromatic heterocycles. The van der Waals surface area contributed by atoms with Gasteiger partial charge in [-0.2, -0.15) is 0 Å². The van der Waals surface area contributed by atoms with E-state index in [0.717, 1.165) is 28.9 Å². The summed E-state index contributed by atoms with van der Waals surface area (Å²) in [5, 5.41) is 0.877. The molecule has 3 rings (SSSR count). The second-order valence-electron chi connectivity index (χ2n) is 10.9. The first-order valence-electron chi connectivity index (χ1n) is 11.3. The number of benzene rings is 2. The maximum atomic E-state index is 11.5. The molecule has 0 spiro atoms. The van der Waals surface area contributed by atoms with Crippen LogP contribution in [0.25, 0.3) is 11.0 Å². The van der Waals surface area contributed by atoms with Crippen molar-refractivity contribution >= 4 is 11.0 Å². The Labute approximate surface area is 191 Å². The molecule has 0 bridgehead atoms. The third-order valence-electron chi connectivity index (χ3n) is 5.69. The Morgan fingerprint density at radius 3 is 2.03 bits per heavy atom. The van der Waals surface area contributed by atoms with Crippen molar-refractivity contribution in [2.75, 3.05) is 13.2 Å². The van der Waals surface area contributed by atoms with Gasteiger partial charge in [-0.3, -0.25) is 0 Å². The van der Waals surface area contributed by atoms with Crippen LogP contribution in [0.2, 0.25) is 0 Å². The van der Waals surface area contributed by atoms with Gasteiger partial charge in [0.1, 0.15) is 30.3 Å². The Balaban J connectivity index is 1.57. The van der Waals surface area contributed by atoms with Gasteiger partial charge in [-0.1, -0.05) is 53.7 Å². The van der Waals surface area contributed by atoms with Crippen molar-refractivity contribution in [1.82, 2.24) is 0 Å². The minimum absolute atomic E-state index is 0.199. The van der Waals surface area contributed by atoms with Crippen LogP contribution in [-0.2, 0) is 0 Å². The van der Waals surface area contributed by atoms with Gasteiger partial charge >= 0.3 is 5.63 Å². The van der Waals surface area contributed by atoms with Crippen LogP contribution in [0, 0.1) is 17.8 Å². The summed E-state index contributed by atoms with van der Waals surface area (Å²) < 4.78 is 16.9. The molecular formula is C28H36O4. The monoisotopic (exact) mass is 436 g/mol. The van der Waals surface area contributed by atoms with Crippen molar-refractivity contribution in [2.45, 2.75) is 60.8 Å². The van der Waals surface area contributed by atoms with Crippen LogP contribution in [0.4, 0.5) is 0 Å². The lowest BCUT2D eigenvalue weighted by molar-refractivity contribution is 0.216. The zero-order valence-electron chi connectivity index (χ0n) is 20.5. The molecule has 0 amide bonds. The van der Waals surface area contributed by atoms with Crippen molar-refractivity contribution in [3.8, 4) is 11.5 Å². The summed E-state index contributed by atoms with van der Waals surface area (Å²) >= 11 is 0. The minimum Gasteiger partial charge on any atom is -0.490 e. The van der Waals surface area contributed by atoms with Gasteiger partial charge in [0.05, 0.1) is 0 Å². The van der Waals surface area contributed by atoms with Crippen LogP contribution in [0.3, 0.4) is 0 Å². The van der Waals surface area contributed by atoms with Gasteiger partial charge in [0.25, 0.3) is 0 Å². The summed E-state index contributed by atoms with van der Waals surface area (Å²) in [6, 6.07) is 15.4. The first-order chi connectivity index (χ1) is 14.9. The SMILES string of the molecule is Cc1cc(=O)oc2ccc(OCCOc3ccc(C(CC(C)(C)C)C(C)(C)C)cc3)cc12. The van der Waals surface area contributed by atoms with Crippen molar-refractivity contribution in [1.29, 1.82) is 0 Å². The number of fused-ring (bicyclic) bond motifs is 1. The third kappa shape index (κ3) is 6.38. The predicted octanol–water partition coefficient (Wildman–Crippen LogP) is 7.13. The fraction of sp³-hybridized carbons (Fsp3) is 0.464. The van der Waals surface area contributed by atoms with E-state index in [9.17, 15) is 4.79 Å². The van der Waals surface area contributed by atoms with Gasteiger partial charge < -0.3 is 13.9 Å². The number of ether oxygens (including phenoxy) is 2. The van der Waals surface area contributed by atoms with E-state index in [-0.39, 0.29) is 16.5 Å². The van der Waals surface area contributed by atoms with Crippen molar-refractivity contribution in [3.63, 3.8) is 0 Å². The van der Waals surface area contributed by atoms with E-state index < -0.39 is 0 Å². The van der Waals surface area contributed by atoms with E-state index in [1.807, 2.05) is 13.0 Å². The predicted molar refractivity (Wildman–Crippen MR) is 131 cm³/mol. The molecule has 0 aliphatic rings. The zero-order chi connectivity index (χ0) is 23.5. The molecule has 0 N–H and O–H groups in total. The van der Waals surface area contributed by atoms with Crippen LogP contribution in [0.1, 0.15) is 65.0 Å². The van der Waals surface area contributed by atoms with Crippen LogP contribution in [0.5, 0.6) is 11.5 Å². The fourth-order valence-corrected chi connectivity index (χ4v) is 4.04. The van der Waals surface area contributed by atoms with Crippen LogP contribution >= 0.6 is 0 Å². The quantitative estimate of drug-likeness (QED) is 0.292. The maximum absolute atomic E-state index is 11.5. The average molecular weight is 437 g/mol. The summed E-state index contributed by atoms with van der Waals surface area (Å²) in [6.45, 7) is 16.6. The molecule has 3 aromatic rings. The molecule has 172 valence electrons. The van der Waals surface area contributed by atoms with Crippen LogP contribution in [0.15, 0.2) is 57.7 Å². The molecule has 0 saturated heterocycles. The number of hydrogen-bond donors (Lipinski definition) is 0. The van der Waals surface area contributed by atoms with Gasteiger partial charge in [0.15, 0.2) is 0 Å². The number of rotatable bonds is 7. The van der Waals surface area contributed by atoms with Gasteiger partial charge in [-0.25, -0.2) is 4.79 Å². The molecule has 1 unspecified atom stereocenters. The molecule has 4 heteroatoms. The van der Waals surface area contributed by atoms with Crippen molar-refractivity contribution in [3.05, 3.63) is 70.1 Å². The molecule has 2 aromatic carbocycles. The topological polar surface area (TPSA) is 48.7 Å². The summed E-state index contributed by atoms with van der Waals surface area (Å²) in [5.74, 6) is 2.06. The first-order valence-corrected chi connectivity index (χ1v) is 11.3. The summed E-state index contributed by atoms with van der Waals surface area (Å²) in [7, 11) is 0. The maximum Gasteiger partial charge on any atom is 0.336 e. The van der Waals surface area contributed by atoms with Gasteiger partial charge in [-0.15, -0.1) is 0 Å². The molecular weight excluding hydrogens is 400 g/mol. The Morgan fingerprint density at radius 2 is 1.44 bits per heavy atom. The van der Waals surface area contributed by atoms with Crippen molar-refractivity contribution < 1.29 is 13.9 Å². The standard InChI is InChI=1S/C28H36O4/c1-19-16-26(29)32-25-13-12-22(17-23(19)25)31-15-14-30-21-10-8-20(9-11-21)24(28(5,6)7)18-27(2,3)4/h8-13,16-17,24H,14-15,18H2,1-7H3. The Morgan fingerprint density at radius 1 is 0.844 bits per heavy atom. The Hall–Kier alpha value is -2.75. The van der Waals surface area contributed by atoms with Gasteiger partial charge in [-0.05, 0) is 71.6 Å². The lowest BCUT2D eigenvalue weighted by Gasteiger charge is -2.36. The minimum atomic E-state index is -0.338. The lowest BCUT2D eigenvalue weighted by atomic mass is 9.69. The van der Waals surface area contributed by atoms with E-state index >= 15 is 0 Å². The second-order valence-corrected chi connectivity index (χ2v) is 10.9. The van der Waals surface area contributed by atoms with Crippen LogP contribution < -0.4 is 15.1 Å². The van der Waals surface area contributed by atoms with E-state index in [1.165, 1.54) is 11.6 Å². The number of hydrogen-bond acceptors (Lipinski definition) is 4. The smallest absolute Gasteiger partial charge is 0.336 e.